The summed E-state index contributed by atoms with van der Waals surface area (Å²) in [6, 6.07) is 18.1. The van der Waals surface area contributed by atoms with Crippen molar-refractivity contribution >= 4 is 21.6 Å². The molecule has 0 saturated heterocycles. The van der Waals surface area contributed by atoms with E-state index in [4.69, 9.17) is 14.2 Å². The fraction of sp³-hybridized carbons (Fsp3) is 0.269. The quantitative estimate of drug-likeness (QED) is 0.452. The summed E-state index contributed by atoms with van der Waals surface area (Å²) in [7, 11) is 0.469. The Labute approximate surface area is 206 Å². The molecule has 0 radical (unpaired) electrons. The molecule has 3 aromatic rings. The molecule has 1 amide bonds. The average molecular weight is 499 g/mol. The van der Waals surface area contributed by atoms with E-state index >= 15 is 0 Å². The maximum atomic E-state index is 13.6. The van der Waals surface area contributed by atoms with Gasteiger partial charge in [0.25, 0.3) is 10.0 Å². The number of anilines is 1. The topological polar surface area (TPSA) is 94.2 Å². The molecule has 0 aliphatic carbocycles. The van der Waals surface area contributed by atoms with Crippen LogP contribution in [-0.4, -0.2) is 42.2 Å². The van der Waals surface area contributed by atoms with Gasteiger partial charge in [-0.25, -0.2) is 8.42 Å². The van der Waals surface area contributed by atoms with E-state index in [-0.39, 0.29) is 10.6 Å². The molecule has 3 rings (SSSR count). The minimum Gasteiger partial charge on any atom is -0.495 e. The van der Waals surface area contributed by atoms with Gasteiger partial charge in [0.1, 0.15) is 12.3 Å². The van der Waals surface area contributed by atoms with E-state index in [2.05, 4.69) is 5.32 Å². The number of methoxy groups -OCH3 is 3. The molecule has 0 bridgehead atoms. The number of amides is 1. The lowest BCUT2D eigenvalue weighted by Crippen LogP contribution is -2.41. The second-order valence-electron chi connectivity index (χ2n) is 7.90. The van der Waals surface area contributed by atoms with Crippen molar-refractivity contribution in [1.82, 2.24) is 5.32 Å². The van der Waals surface area contributed by atoms with Crippen molar-refractivity contribution in [2.45, 2.75) is 24.8 Å². The monoisotopic (exact) mass is 498 g/mol. The molecular formula is C26H30N2O6S. The third kappa shape index (κ3) is 5.86. The van der Waals surface area contributed by atoms with Crippen molar-refractivity contribution in [2.24, 2.45) is 0 Å². The normalized spacial score (nSPS) is 11.9. The van der Waals surface area contributed by atoms with Gasteiger partial charge in [-0.1, -0.05) is 35.9 Å². The van der Waals surface area contributed by atoms with Crippen LogP contribution in [0.15, 0.2) is 71.6 Å². The summed E-state index contributed by atoms with van der Waals surface area (Å²) in [4.78, 5) is 13.2. The first-order valence-electron chi connectivity index (χ1n) is 10.9. The van der Waals surface area contributed by atoms with E-state index in [0.29, 0.717) is 17.2 Å². The first-order chi connectivity index (χ1) is 16.7. The zero-order valence-corrected chi connectivity index (χ0v) is 21.3. The molecule has 0 fully saturated rings. The van der Waals surface area contributed by atoms with Gasteiger partial charge in [0.2, 0.25) is 5.91 Å². The zero-order valence-electron chi connectivity index (χ0n) is 20.4. The Kier molecular flexibility index (Phi) is 8.24. The molecule has 0 heterocycles. The largest absolute Gasteiger partial charge is 0.495 e. The van der Waals surface area contributed by atoms with Gasteiger partial charge in [0.05, 0.1) is 38.0 Å². The Bertz CT molecular complexity index is 1280. The van der Waals surface area contributed by atoms with Crippen molar-refractivity contribution in [1.29, 1.82) is 0 Å². The fourth-order valence-electron chi connectivity index (χ4n) is 3.60. The summed E-state index contributed by atoms with van der Waals surface area (Å²) in [5, 5.41) is 2.87. The lowest BCUT2D eigenvalue weighted by Gasteiger charge is -2.26. The van der Waals surface area contributed by atoms with Crippen LogP contribution in [0.4, 0.5) is 5.69 Å². The van der Waals surface area contributed by atoms with Crippen LogP contribution in [0.25, 0.3) is 0 Å². The number of nitrogens with one attached hydrogen (secondary N) is 1. The summed E-state index contributed by atoms with van der Waals surface area (Å²) >= 11 is 0. The summed E-state index contributed by atoms with van der Waals surface area (Å²) in [6.07, 6.45) is 0. The average Bonchev–Trinajstić information content (AvgIpc) is 2.86. The van der Waals surface area contributed by atoms with E-state index in [9.17, 15) is 13.2 Å². The molecule has 1 N–H and O–H groups in total. The highest BCUT2D eigenvalue weighted by molar-refractivity contribution is 7.92. The predicted molar refractivity (Wildman–Crippen MR) is 135 cm³/mol. The van der Waals surface area contributed by atoms with Gasteiger partial charge >= 0.3 is 0 Å². The van der Waals surface area contributed by atoms with Gasteiger partial charge in [0, 0.05) is 0 Å². The number of nitrogens with zero attached hydrogens (tertiary/aromatic N) is 1. The first-order valence-corrected chi connectivity index (χ1v) is 12.4. The Morgan fingerprint density at radius 3 is 2.14 bits per heavy atom. The van der Waals surface area contributed by atoms with Crippen LogP contribution >= 0.6 is 0 Å². The van der Waals surface area contributed by atoms with Gasteiger partial charge in [-0.05, 0) is 55.8 Å². The molecule has 0 spiro atoms. The zero-order chi connectivity index (χ0) is 25.6. The Morgan fingerprint density at radius 2 is 1.51 bits per heavy atom. The van der Waals surface area contributed by atoms with Gasteiger partial charge < -0.3 is 19.5 Å². The molecule has 0 aliphatic heterocycles. The summed E-state index contributed by atoms with van der Waals surface area (Å²) < 4.78 is 44.3. The second kappa shape index (κ2) is 11.1. The number of carbonyl (C=O) groups excluding carboxylic acids is 1. The van der Waals surface area contributed by atoms with E-state index < -0.39 is 28.5 Å². The number of para-hydroxylation sites is 2. The Morgan fingerprint density at radius 1 is 0.886 bits per heavy atom. The molecule has 0 unspecified atom stereocenters. The molecular weight excluding hydrogens is 468 g/mol. The van der Waals surface area contributed by atoms with Crippen LogP contribution in [0.5, 0.6) is 17.2 Å². The number of hydrogen-bond acceptors (Lipinski definition) is 6. The molecule has 35 heavy (non-hydrogen) atoms. The smallest absolute Gasteiger partial charge is 0.264 e. The Balaban J connectivity index is 1.92. The van der Waals surface area contributed by atoms with Crippen LogP contribution in [0, 0.1) is 6.92 Å². The molecule has 3 aromatic carbocycles. The van der Waals surface area contributed by atoms with Crippen molar-refractivity contribution in [2.75, 3.05) is 32.2 Å². The van der Waals surface area contributed by atoms with Crippen molar-refractivity contribution in [3.8, 4) is 17.2 Å². The standard InChI is InChI=1S/C26H30N2O6S/c1-18-10-13-21(14-11-18)35(30,31)28(22-8-6-7-9-23(22)32-3)17-26(29)27-19(2)20-12-15-24(33-4)25(16-20)34-5/h6-16,19H,17H2,1-5H3,(H,27,29)/t19-/m0/s1. The maximum absolute atomic E-state index is 13.6. The molecule has 186 valence electrons. The number of rotatable bonds is 10. The third-order valence-electron chi connectivity index (χ3n) is 5.54. The highest BCUT2D eigenvalue weighted by atomic mass is 32.2. The van der Waals surface area contributed by atoms with Crippen LogP contribution < -0.4 is 23.8 Å². The highest BCUT2D eigenvalue weighted by Gasteiger charge is 2.29. The number of benzene rings is 3. The fourth-order valence-corrected chi connectivity index (χ4v) is 5.03. The molecule has 1 atom stereocenters. The number of sulfonamides is 1. The van der Waals surface area contributed by atoms with Crippen molar-refractivity contribution < 1.29 is 27.4 Å². The number of aryl methyl sites for hydroxylation is 1. The van der Waals surface area contributed by atoms with E-state index in [0.717, 1.165) is 15.4 Å². The lowest BCUT2D eigenvalue weighted by atomic mass is 10.1. The molecule has 0 saturated carbocycles. The van der Waals surface area contributed by atoms with E-state index in [1.54, 1.807) is 62.6 Å². The summed E-state index contributed by atoms with van der Waals surface area (Å²) in [5.41, 5.74) is 1.97. The van der Waals surface area contributed by atoms with Crippen LogP contribution in [0.3, 0.4) is 0 Å². The second-order valence-corrected chi connectivity index (χ2v) is 9.76. The highest BCUT2D eigenvalue weighted by Crippen LogP contribution is 2.33. The van der Waals surface area contributed by atoms with Gasteiger partial charge in [-0.2, -0.15) is 0 Å². The van der Waals surface area contributed by atoms with Crippen LogP contribution in [0.2, 0.25) is 0 Å². The SMILES string of the molecule is COc1ccc([C@H](C)NC(=O)CN(c2ccccc2OC)S(=O)(=O)c2ccc(C)cc2)cc1OC. The van der Waals surface area contributed by atoms with Gasteiger partial charge in [0.15, 0.2) is 11.5 Å². The predicted octanol–water partition coefficient (Wildman–Crippen LogP) is 4.09. The summed E-state index contributed by atoms with van der Waals surface area (Å²) in [6.45, 7) is 3.24. The van der Waals surface area contributed by atoms with Crippen molar-refractivity contribution in [3.63, 3.8) is 0 Å². The number of hydrogen-bond donors (Lipinski definition) is 1. The molecule has 9 heteroatoms. The minimum atomic E-state index is -4.06. The van der Waals surface area contributed by atoms with Crippen molar-refractivity contribution in [3.05, 3.63) is 77.9 Å². The van der Waals surface area contributed by atoms with E-state index in [1.807, 2.05) is 13.0 Å². The third-order valence-corrected chi connectivity index (χ3v) is 7.31. The number of carbonyl (C=O) groups is 1. The van der Waals surface area contributed by atoms with Crippen LogP contribution in [0.1, 0.15) is 24.1 Å². The van der Waals surface area contributed by atoms with Gasteiger partial charge in [-0.15, -0.1) is 0 Å². The molecule has 0 aromatic heterocycles. The van der Waals surface area contributed by atoms with E-state index in [1.165, 1.54) is 26.4 Å². The number of ether oxygens (including phenoxy) is 3. The molecule has 8 nitrogen and oxygen atoms in total. The minimum absolute atomic E-state index is 0.0785. The maximum Gasteiger partial charge on any atom is 0.264 e. The Hall–Kier alpha value is -3.72. The molecule has 0 aliphatic rings. The van der Waals surface area contributed by atoms with Gasteiger partial charge in [-0.3, -0.25) is 9.10 Å². The van der Waals surface area contributed by atoms with Crippen LogP contribution in [-0.2, 0) is 14.8 Å². The first kappa shape index (κ1) is 25.9. The summed E-state index contributed by atoms with van der Waals surface area (Å²) in [5.74, 6) is 0.961. The lowest BCUT2D eigenvalue weighted by molar-refractivity contribution is -0.120.